The van der Waals surface area contributed by atoms with Crippen LogP contribution in [-0.4, -0.2) is 14.2 Å². The number of methoxy groups -OCH3 is 1. The average Bonchev–Trinajstić information content (AvgIpc) is 2.17. The van der Waals surface area contributed by atoms with Crippen molar-refractivity contribution in [2.75, 3.05) is 14.2 Å². The molecule has 1 rings (SSSR count). The molecule has 0 aromatic heterocycles. The number of ether oxygens (including phenoxy) is 1. The van der Waals surface area contributed by atoms with E-state index >= 15 is 0 Å². The van der Waals surface area contributed by atoms with Gasteiger partial charge >= 0.3 is 0 Å². The number of hydrogen-bond donors (Lipinski definition) is 1. The van der Waals surface area contributed by atoms with Crippen LogP contribution in [0.1, 0.15) is 25.0 Å². The first-order valence-corrected chi connectivity index (χ1v) is 4.85. The first kappa shape index (κ1) is 11.1. The summed E-state index contributed by atoms with van der Waals surface area (Å²) in [5.41, 5.74) is 2.46. The molecule has 2 nitrogen and oxygen atoms in total. The van der Waals surface area contributed by atoms with E-state index in [1.54, 1.807) is 7.11 Å². The molecule has 1 aromatic carbocycles. The van der Waals surface area contributed by atoms with Crippen LogP contribution in [0, 0.1) is 6.92 Å². The van der Waals surface area contributed by atoms with Gasteiger partial charge in [0.05, 0.1) is 7.11 Å². The van der Waals surface area contributed by atoms with E-state index in [0.717, 1.165) is 5.75 Å². The molecule has 0 aliphatic heterocycles. The zero-order valence-corrected chi connectivity index (χ0v) is 9.64. The number of rotatable bonds is 3. The topological polar surface area (TPSA) is 21.3 Å². The quantitative estimate of drug-likeness (QED) is 0.796. The van der Waals surface area contributed by atoms with Gasteiger partial charge in [0.25, 0.3) is 0 Å². The summed E-state index contributed by atoms with van der Waals surface area (Å²) in [4.78, 5) is 0. The van der Waals surface area contributed by atoms with Gasteiger partial charge in [-0.05, 0) is 45.0 Å². The van der Waals surface area contributed by atoms with Gasteiger partial charge in [-0.25, -0.2) is 0 Å². The van der Waals surface area contributed by atoms with Crippen molar-refractivity contribution in [3.8, 4) is 5.75 Å². The van der Waals surface area contributed by atoms with Gasteiger partial charge in [-0.3, -0.25) is 0 Å². The molecule has 0 atom stereocenters. The second-order valence-electron chi connectivity index (χ2n) is 4.06. The van der Waals surface area contributed by atoms with Gasteiger partial charge in [0.2, 0.25) is 0 Å². The average molecular weight is 193 g/mol. The van der Waals surface area contributed by atoms with E-state index in [1.165, 1.54) is 11.1 Å². The van der Waals surface area contributed by atoms with Crippen molar-refractivity contribution in [1.29, 1.82) is 0 Å². The Kier molecular flexibility index (Phi) is 3.17. The molecule has 0 bridgehead atoms. The van der Waals surface area contributed by atoms with E-state index in [2.05, 4.69) is 38.2 Å². The SMILES string of the molecule is CNC(C)(C)c1ccc(OC)c(C)c1. The van der Waals surface area contributed by atoms with Gasteiger partial charge in [-0.15, -0.1) is 0 Å². The normalized spacial score (nSPS) is 11.5. The first-order valence-electron chi connectivity index (χ1n) is 4.85. The summed E-state index contributed by atoms with van der Waals surface area (Å²) in [6.45, 7) is 6.39. The molecule has 78 valence electrons. The van der Waals surface area contributed by atoms with Gasteiger partial charge in [0, 0.05) is 5.54 Å². The van der Waals surface area contributed by atoms with E-state index in [0.29, 0.717) is 0 Å². The lowest BCUT2D eigenvalue weighted by Crippen LogP contribution is -2.33. The van der Waals surface area contributed by atoms with Crippen LogP contribution in [0.3, 0.4) is 0 Å². The van der Waals surface area contributed by atoms with Crippen LogP contribution in [0.15, 0.2) is 18.2 Å². The van der Waals surface area contributed by atoms with Crippen LogP contribution in [0.4, 0.5) is 0 Å². The lowest BCUT2D eigenvalue weighted by molar-refractivity contribution is 0.408. The first-order chi connectivity index (χ1) is 6.51. The summed E-state index contributed by atoms with van der Waals surface area (Å²) in [5.74, 6) is 0.945. The van der Waals surface area contributed by atoms with E-state index in [4.69, 9.17) is 4.74 Å². The number of nitrogens with one attached hydrogen (secondary N) is 1. The van der Waals surface area contributed by atoms with Crippen LogP contribution in [0.25, 0.3) is 0 Å². The molecular formula is C12H19NO. The maximum absolute atomic E-state index is 5.23. The van der Waals surface area contributed by atoms with E-state index in [1.807, 2.05) is 13.1 Å². The van der Waals surface area contributed by atoms with Gasteiger partial charge in [-0.1, -0.05) is 12.1 Å². The van der Waals surface area contributed by atoms with Gasteiger partial charge in [0.1, 0.15) is 5.75 Å². The predicted octanol–water partition coefficient (Wildman–Crippen LogP) is 2.46. The van der Waals surface area contributed by atoms with Crippen molar-refractivity contribution in [3.05, 3.63) is 29.3 Å². The minimum atomic E-state index is 0.0109. The highest BCUT2D eigenvalue weighted by Gasteiger charge is 2.18. The minimum Gasteiger partial charge on any atom is -0.496 e. The summed E-state index contributed by atoms with van der Waals surface area (Å²) in [5, 5.41) is 3.28. The summed E-state index contributed by atoms with van der Waals surface area (Å²) in [7, 11) is 3.67. The van der Waals surface area contributed by atoms with Crippen molar-refractivity contribution < 1.29 is 4.74 Å². The Bertz CT molecular complexity index is 318. The van der Waals surface area contributed by atoms with Crippen LogP contribution in [0.5, 0.6) is 5.75 Å². The molecule has 0 fully saturated rings. The summed E-state index contributed by atoms with van der Waals surface area (Å²) < 4.78 is 5.23. The second kappa shape index (κ2) is 4.01. The Morgan fingerprint density at radius 3 is 2.36 bits per heavy atom. The molecule has 0 aliphatic carbocycles. The number of aryl methyl sites for hydroxylation is 1. The second-order valence-corrected chi connectivity index (χ2v) is 4.06. The molecule has 0 heterocycles. The fraction of sp³-hybridized carbons (Fsp3) is 0.500. The van der Waals surface area contributed by atoms with Gasteiger partial charge < -0.3 is 10.1 Å². The largest absolute Gasteiger partial charge is 0.496 e. The zero-order valence-electron chi connectivity index (χ0n) is 9.64. The van der Waals surface area contributed by atoms with Gasteiger partial charge in [0.15, 0.2) is 0 Å². The monoisotopic (exact) mass is 193 g/mol. The lowest BCUT2D eigenvalue weighted by Gasteiger charge is -2.25. The van der Waals surface area contributed by atoms with Crippen molar-refractivity contribution in [1.82, 2.24) is 5.32 Å². The maximum atomic E-state index is 5.23. The lowest BCUT2D eigenvalue weighted by atomic mass is 9.93. The molecule has 14 heavy (non-hydrogen) atoms. The Morgan fingerprint density at radius 1 is 1.29 bits per heavy atom. The fourth-order valence-corrected chi connectivity index (χ4v) is 1.41. The molecule has 0 saturated heterocycles. The molecule has 1 aromatic rings. The third kappa shape index (κ3) is 2.07. The van der Waals surface area contributed by atoms with Crippen molar-refractivity contribution in [2.24, 2.45) is 0 Å². The summed E-state index contributed by atoms with van der Waals surface area (Å²) in [6, 6.07) is 6.28. The van der Waals surface area contributed by atoms with Crippen LogP contribution >= 0.6 is 0 Å². The standard InChI is InChI=1S/C12H19NO/c1-9-8-10(12(2,3)13-4)6-7-11(9)14-5/h6-8,13H,1-5H3. The Morgan fingerprint density at radius 2 is 1.93 bits per heavy atom. The fourth-order valence-electron chi connectivity index (χ4n) is 1.41. The Hall–Kier alpha value is -1.02. The predicted molar refractivity (Wildman–Crippen MR) is 59.8 cm³/mol. The van der Waals surface area contributed by atoms with Crippen LogP contribution in [-0.2, 0) is 5.54 Å². The van der Waals surface area contributed by atoms with E-state index in [-0.39, 0.29) is 5.54 Å². The van der Waals surface area contributed by atoms with E-state index < -0.39 is 0 Å². The molecular weight excluding hydrogens is 174 g/mol. The molecule has 0 amide bonds. The Balaban J connectivity index is 3.08. The molecule has 0 unspecified atom stereocenters. The number of benzene rings is 1. The van der Waals surface area contributed by atoms with Gasteiger partial charge in [-0.2, -0.15) is 0 Å². The molecule has 0 aliphatic rings. The summed E-state index contributed by atoms with van der Waals surface area (Å²) >= 11 is 0. The molecule has 0 saturated carbocycles. The molecule has 0 radical (unpaired) electrons. The van der Waals surface area contributed by atoms with Crippen LogP contribution < -0.4 is 10.1 Å². The van der Waals surface area contributed by atoms with Crippen molar-refractivity contribution in [3.63, 3.8) is 0 Å². The molecule has 1 N–H and O–H groups in total. The highest BCUT2D eigenvalue weighted by molar-refractivity contribution is 5.38. The highest BCUT2D eigenvalue weighted by Crippen LogP contribution is 2.25. The minimum absolute atomic E-state index is 0.0109. The van der Waals surface area contributed by atoms with Crippen molar-refractivity contribution in [2.45, 2.75) is 26.3 Å². The zero-order chi connectivity index (χ0) is 10.8. The van der Waals surface area contributed by atoms with Crippen molar-refractivity contribution >= 4 is 0 Å². The number of hydrogen-bond acceptors (Lipinski definition) is 2. The van der Waals surface area contributed by atoms with E-state index in [9.17, 15) is 0 Å². The highest BCUT2D eigenvalue weighted by atomic mass is 16.5. The smallest absolute Gasteiger partial charge is 0.121 e. The van der Waals surface area contributed by atoms with Crippen LogP contribution in [0.2, 0.25) is 0 Å². The molecule has 0 spiro atoms. The summed E-state index contributed by atoms with van der Waals surface area (Å²) in [6.07, 6.45) is 0. The third-order valence-corrected chi connectivity index (χ3v) is 2.74. The Labute approximate surface area is 86.3 Å². The molecule has 2 heteroatoms. The maximum Gasteiger partial charge on any atom is 0.121 e. The third-order valence-electron chi connectivity index (χ3n) is 2.74.